The summed E-state index contributed by atoms with van der Waals surface area (Å²) in [4.78, 5) is 7.58. The van der Waals surface area contributed by atoms with Crippen LogP contribution >= 0.6 is 11.8 Å². The maximum atomic E-state index is 13.4. The summed E-state index contributed by atoms with van der Waals surface area (Å²) in [6.45, 7) is 0. The number of halogens is 2. The molecule has 0 saturated heterocycles. The molecule has 2 aromatic rings. The highest BCUT2D eigenvalue weighted by molar-refractivity contribution is 7.98. The van der Waals surface area contributed by atoms with Crippen molar-refractivity contribution in [3.8, 4) is 0 Å². The first-order chi connectivity index (χ1) is 6.74. The predicted octanol–water partition coefficient (Wildman–Crippen LogP) is 2.63. The quantitative estimate of drug-likeness (QED) is 0.536. The molecule has 0 aliphatic rings. The molecule has 14 heavy (non-hydrogen) atoms. The van der Waals surface area contributed by atoms with Crippen molar-refractivity contribution >= 4 is 22.7 Å². The van der Waals surface area contributed by atoms with Gasteiger partial charge in [0.2, 0.25) is 0 Å². The second-order valence-corrected chi connectivity index (χ2v) is 3.43. The van der Waals surface area contributed by atoms with Crippen LogP contribution in [0.2, 0.25) is 0 Å². The maximum Gasteiger partial charge on any atom is 0.149 e. The lowest BCUT2D eigenvalue weighted by molar-refractivity contribution is 0.612. The summed E-state index contributed by atoms with van der Waals surface area (Å²) in [5, 5.41) is 0.604. The van der Waals surface area contributed by atoms with Crippen LogP contribution in [0.3, 0.4) is 0 Å². The Morgan fingerprint density at radius 1 is 1.14 bits per heavy atom. The maximum absolute atomic E-state index is 13.4. The Morgan fingerprint density at radius 2 is 1.86 bits per heavy atom. The Bertz CT molecular complexity index is 487. The molecule has 72 valence electrons. The zero-order chi connectivity index (χ0) is 10.1. The van der Waals surface area contributed by atoms with E-state index in [0.717, 1.165) is 12.1 Å². The Hall–Kier alpha value is -1.23. The fourth-order valence-corrected chi connectivity index (χ4v) is 1.78. The van der Waals surface area contributed by atoms with E-state index in [-0.39, 0.29) is 10.9 Å². The van der Waals surface area contributed by atoms with E-state index >= 15 is 0 Å². The second-order valence-electron chi connectivity index (χ2n) is 2.64. The summed E-state index contributed by atoms with van der Waals surface area (Å²) in [6.07, 6.45) is 2.99. The number of aromatic nitrogens is 2. The monoisotopic (exact) mass is 212 g/mol. The van der Waals surface area contributed by atoms with Gasteiger partial charge in [-0.05, 0) is 18.4 Å². The average Bonchev–Trinajstić information content (AvgIpc) is 2.23. The standard InChI is InChI=1S/C9H6F2N2S/c1-14-9-7-5(10)2-3-6(11)8(7)12-4-13-9/h2-4H,1H3. The van der Waals surface area contributed by atoms with Crippen LogP contribution in [0, 0.1) is 11.6 Å². The molecule has 1 aromatic carbocycles. The van der Waals surface area contributed by atoms with E-state index in [1.165, 1.54) is 18.1 Å². The highest BCUT2D eigenvalue weighted by Gasteiger charge is 2.11. The minimum atomic E-state index is -0.529. The average molecular weight is 212 g/mol. The Morgan fingerprint density at radius 3 is 2.57 bits per heavy atom. The Labute approximate surface area is 83.4 Å². The van der Waals surface area contributed by atoms with Crippen LogP contribution in [0.5, 0.6) is 0 Å². The lowest BCUT2D eigenvalue weighted by Crippen LogP contribution is -1.92. The molecule has 0 fully saturated rings. The van der Waals surface area contributed by atoms with E-state index in [0.29, 0.717) is 5.03 Å². The predicted molar refractivity (Wildman–Crippen MR) is 51.2 cm³/mol. The molecule has 0 bridgehead atoms. The molecule has 5 heteroatoms. The van der Waals surface area contributed by atoms with Gasteiger partial charge in [-0.15, -0.1) is 11.8 Å². The number of rotatable bonds is 1. The van der Waals surface area contributed by atoms with Gasteiger partial charge in [0.05, 0.1) is 5.39 Å². The van der Waals surface area contributed by atoms with E-state index in [1.54, 1.807) is 6.26 Å². The van der Waals surface area contributed by atoms with Crippen molar-refractivity contribution in [3.05, 3.63) is 30.1 Å². The molecule has 0 N–H and O–H groups in total. The number of fused-ring (bicyclic) bond motifs is 1. The van der Waals surface area contributed by atoms with Crippen molar-refractivity contribution < 1.29 is 8.78 Å². The zero-order valence-corrected chi connectivity index (χ0v) is 8.11. The molecule has 1 heterocycles. The normalized spacial score (nSPS) is 10.8. The van der Waals surface area contributed by atoms with Crippen LogP contribution in [0.25, 0.3) is 10.9 Å². The second kappa shape index (κ2) is 3.49. The number of benzene rings is 1. The molecule has 0 aliphatic heterocycles. The summed E-state index contributed by atoms with van der Waals surface area (Å²) in [5.41, 5.74) is 0.0318. The van der Waals surface area contributed by atoms with Gasteiger partial charge in [-0.3, -0.25) is 0 Å². The van der Waals surface area contributed by atoms with Crippen LogP contribution < -0.4 is 0 Å². The minimum Gasteiger partial charge on any atom is -0.233 e. The lowest BCUT2D eigenvalue weighted by atomic mass is 10.2. The van der Waals surface area contributed by atoms with Gasteiger partial charge in [0.1, 0.15) is 28.5 Å². The third kappa shape index (κ3) is 1.33. The van der Waals surface area contributed by atoms with Crippen molar-refractivity contribution in [3.63, 3.8) is 0 Å². The zero-order valence-electron chi connectivity index (χ0n) is 7.29. The topological polar surface area (TPSA) is 25.8 Å². The molecule has 0 radical (unpaired) electrons. The van der Waals surface area contributed by atoms with Gasteiger partial charge in [0.15, 0.2) is 0 Å². The summed E-state index contributed by atoms with van der Waals surface area (Å²) in [6, 6.07) is 2.15. The third-order valence-electron chi connectivity index (χ3n) is 1.85. The van der Waals surface area contributed by atoms with Gasteiger partial charge in [-0.2, -0.15) is 0 Å². The number of hydrogen-bond acceptors (Lipinski definition) is 3. The molecule has 2 nitrogen and oxygen atoms in total. The summed E-state index contributed by atoms with van der Waals surface area (Å²) < 4.78 is 26.6. The fraction of sp³-hybridized carbons (Fsp3) is 0.111. The lowest BCUT2D eigenvalue weighted by Gasteiger charge is -2.03. The molecule has 0 spiro atoms. The molecule has 0 unspecified atom stereocenters. The number of nitrogens with zero attached hydrogens (tertiary/aromatic N) is 2. The van der Waals surface area contributed by atoms with Crippen molar-refractivity contribution in [1.29, 1.82) is 0 Å². The smallest absolute Gasteiger partial charge is 0.149 e. The van der Waals surface area contributed by atoms with Crippen molar-refractivity contribution in [2.75, 3.05) is 6.26 Å². The van der Waals surface area contributed by atoms with Gasteiger partial charge in [0.25, 0.3) is 0 Å². The third-order valence-corrected chi connectivity index (χ3v) is 2.54. The molecule has 1 aromatic heterocycles. The number of thioether (sulfide) groups is 1. The summed E-state index contributed by atoms with van der Waals surface area (Å²) >= 11 is 1.26. The minimum absolute atomic E-state index is 0.0318. The molecular formula is C9H6F2N2S. The fourth-order valence-electron chi connectivity index (χ4n) is 1.23. The summed E-state index contributed by atoms with van der Waals surface area (Å²) in [5.74, 6) is -1.02. The first-order valence-electron chi connectivity index (χ1n) is 3.86. The van der Waals surface area contributed by atoms with E-state index in [2.05, 4.69) is 9.97 Å². The molecule has 0 saturated carbocycles. The summed E-state index contributed by atoms with van der Waals surface area (Å²) in [7, 11) is 0. The SMILES string of the molecule is CSc1ncnc2c(F)ccc(F)c12. The highest BCUT2D eigenvalue weighted by atomic mass is 32.2. The first-order valence-corrected chi connectivity index (χ1v) is 5.09. The van der Waals surface area contributed by atoms with E-state index in [9.17, 15) is 8.78 Å². The molecular weight excluding hydrogens is 206 g/mol. The largest absolute Gasteiger partial charge is 0.233 e. The number of hydrogen-bond donors (Lipinski definition) is 0. The van der Waals surface area contributed by atoms with Crippen LogP contribution in [0.15, 0.2) is 23.5 Å². The Balaban J connectivity index is 2.92. The van der Waals surface area contributed by atoms with Crippen molar-refractivity contribution in [2.45, 2.75) is 5.03 Å². The van der Waals surface area contributed by atoms with Crippen LogP contribution in [0.4, 0.5) is 8.78 Å². The molecule has 0 aliphatic carbocycles. The van der Waals surface area contributed by atoms with Gasteiger partial charge in [0, 0.05) is 0 Å². The van der Waals surface area contributed by atoms with Gasteiger partial charge >= 0.3 is 0 Å². The van der Waals surface area contributed by atoms with Gasteiger partial charge in [-0.1, -0.05) is 0 Å². The first kappa shape index (κ1) is 9.33. The molecule has 0 amide bonds. The van der Waals surface area contributed by atoms with Crippen molar-refractivity contribution in [2.24, 2.45) is 0 Å². The van der Waals surface area contributed by atoms with Crippen molar-refractivity contribution in [1.82, 2.24) is 9.97 Å². The van der Waals surface area contributed by atoms with E-state index in [1.807, 2.05) is 0 Å². The Kier molecular flexibility index (Phi) is 2.33. The molecule has 2 rings (SSSR count). The highest BCUT2D eigenvalue weighted by Crippen LogP contribution is 2.26. The van der Waals surface area contributed by atoms with E-state index in [4.69, 9.17) is 0 Å². The van der Waals surface area contributed by atoms with E-state index < -0.39 is 11.6 Å². The van der Waals surface area contributed by atoms with Gasteiger partial charge < -0.3 is 0 Å². The van der Waals surface area contributed by atoms with Crippen LogP contribution in [-0.4, -0.2) is 16.2 Å². The van der Waals surface area contributed by atoms with Crippen LogP contribution in [0.1, 0.15) is 0 Å². The van der Waals surface area contributed by atoms with Crippen LogP contribution in [-0.2, 0) is 0 Å². The molecule has 0 atom stereocenters. The van der Waals surface area contributed by atoms with Gasteiger partial charge in [-0.25, -0.2) is 18.7 Å².